The van der Waals surface area contributed by atoms with Crippen molar-refractivity contribution >= 4 is 0 Å². The summed E-state index contributed by atoms with van der Waals surface area (Å²) < 4.78 is 70.7. The molecule has 1 aromatic rings. The molecule has 1 rings (SSSR count). The lowest BCUT2D eigenvalue weighted by molar-refractivity contribution is -0.0290. The molecular weight excluding hydrogens is 616 g/mol. The molecule has 0 unspecified atom stereocenters. The predicted octanol–water partition coefficient (Wildman–Crippen LogP) is 2.04. The standard InChI is InChI=1S/C34H58O13/c1-2-8-35-9-10-36-11-12-37-13-14-38-15-16-39-17-18-40-19-20-41-21-22-42-23-24-43-25-26-44-27-28-45-29-30-46-31-32-47-33-34-6-4-3-5-7-34/h1,3-7H,8-33H2. The maximum Gasteiger partial charge on any atom is 0.107 e. The van der Waals surface area contributed by atoms with E-state index < -0.39 is 0 Å². The van der Waals surface area contributed by atoms with Crippen molar-refractivity contribution in [2.24, 2.45) is 0 Å². The van der Waals surface area contributed by atoms with Crippen LogP contribution in [0.3, 0.4) is 0 Å². The zero-order valence-electron chi connectivity index (χ0n) is 28.2. The number of hydrogen-bond acceptors (Lipinski definition) is 13. The third-order valence-corrected chi connectivity index (χ3v) is 5.76. The number of benzene rings is 1. The van der Waals surface area contributed by atoms with Gasteiger partial charge in [0.15, 0.2) is 0 Å². The number of terminal acetylenes is 1. The first-order chi connectivity index (χ1) is 23.4. The third-order valence-electron chi connectivity index (χ3n) is 5.76. The van der Waals surface area contributed by atoms with E-state index in [0.29, 0.717) is 172 Å². The van der Waals surface area contributed by atoms with E-state index in [-0.39, 0.29) is 0 Å². The van der Waals surface area contributed by atoms with E-state index in [1.165, 1.54) is 0 Å². The summed E-state index contributed by atoms with van der Waals surface area (Å²) in [6.07, 6.45) is 5.08. The van der Waals surface area contributed by atoms with Gasteiger partial charge in [-0.3, -0.25) is 0 Å². The molecule has 0 spiro atoms. The van der Waals surface area contributed by atoms with Crippen LogP contribution < -0.4 is 0 Å². The van der Waals surface area contributed by atoms with Gasteiger partial charge in [0.25, 0.3) is 0 Å². The maximum absolute atomic E-state index is 5.56. The lowest BCUT2D eigenvalue weighted by Gasteiger charge is -2.09. The van der Waals surface area contributed by atoms with E-state index >= 15 is 0 Å². The second kappa shape index (κ2) is 38.7. The Labute approximate surface area is 281 Å². The molecule has 13 heteroatoms. The number of rotatable bonds is 39. The Hall–Kier alpha value is -1.74. The van der Waals surface area contributed by atoms with Crippen LogP contribution in [0.25, 0.3) is 0 Å². The van der Waals surface area contributed by atoms with Crippen molar-refractivity contribution in [2.45, 2.75) is 6.61 Å². The van der Waals surface area contributed by atoms with Gasteiger partial charge in [-0.25, -0.2) is 0 Å². The zero-order chi connectivity index (χ0) is 33.4. The van der Waals surface area contributed by atoms with Crippen LogP contribution in [0.5, 0.6) is 0 Å². The van der Waals surface area contributed by atoms with Crippen LogP contribution in [0, 0.1) is 12.3 Å². The maximum atomic E-state index is 5.56. The van der Waals surface area contributed by atoms with Gasteiger partial charge in [0.05, 0.1) is 165 Å². The normalized spacial score (nSPS) is 11.3. The lowest BCUT2D eigenvalue weighted by atomic mass is 10.2. The van der Waals surface area contributed by atoms with E-state index in [9.17, 15) is 0 Å². The largest absolute Gasteiger partial charge is 0.377 e. The molecule has 0 saturated carbocycles. The van der Waals surface area contributed by atoms with E-state index in [0.717, 1.165) is 5.56 Å². The highest BCUT2D eigenvalue weighted by Gasteiger charge is 1.97. The fourth-order valence-electron chi connectivity index (χ4n) is 3.43. The van der Waals surface area contributed by atoms with Crippen molar-refractivity contribution in [3.8, 4) is 12.3 Å². The second-order valence-corrected chi connectivity index (χ2v) is 9.53. The van der Waals surface area contributed by atoms with Gasteiger partial charge in [0.1, 0.15) is 6.61 Å². The van der Waals surface area contributed by atoms with Gasteiger partial charge in [-0.05, 0) is 5.56 Å². The summed E-state index contributed by atoms with van der Waals surface area (Å²) >= 11 is 0. The van der Waals surface area contributed by atoms with Crippen molar-refractivity contribution in [1.82, 2.24) is 0 Å². The first-order valence-electron chi connectivity index (χ1n) is 16.4. The molecule has 0 atom stereocenters. The molecule has 13 nitrogen and oxygen atoms in total. The summed E-state index contributed by atoms with van der Waals surface area (Å²) in [5, 5.41) is 0. The Morgan fingerprint density at radius 2 is 0.553 bits per heavy atom. The van der Waals surface area contributed by atoms with Crippen molar-refractivity contribution in [2.75, 3.05) is 165 Å². The highest BCUT2D eigenvalue weighted by Crippen LogP contribution is 2.00. The molecule has 47 heavy (non-hydrogen) atoms. The quantitative estimate of drug-likeness (QED) is 0.0749. The van der Waals surface area contributed by atoms with Gasteiger partial charge in [0, 0.05) is 0 Å². The third kappa shape index (κ3) is 35.4. The zero-order valence-corrected chi connectivity index (χ0v) is 28.2. The summed E-state index contributed by atoms with van der Waals surface area (Å²) in [7, 11) is 0. The molecule has 0 aliphatic rings. The average molecular weight is 675 g/mol. The summed E-state index contributed by atoms with van der Waals surface area (Å²) in [6, 6.07) is 10.1. The van der Waals surface area contributed by atoms with Crippen LogP contribution in [0.1, 0.15) is 5.56 Å². The van der Waals surface area contributed by atoms with E-state index in [1.54, 1.807) is 0 Å². The highest BCUT2D eigenvalue weighted by atomic mass is 16.6. The Morgan fingerprint density at radius 3 is 0.809 bits per heavy atom. The molecule has 0 radical (unpaired) electrons. The molecule has 0 N–H and O–H groups in total. The molecule has 0 fully saturated rings. The van der Waals surface area contributed by atoms with Crippen LogP contribution in [-0.4, -0.2) is 165 Å². The summed E-state index contributed by atoms with van der Waals surface area (Å²) in [4.78, 5) is 0. The molecule has 0 aromatic heterocycles. The van der Waals surface area contributed by atoms with Gasteiger partial charge in [-0.15, -0.1) is 6.42 Å². The Balaban J connectivity index is 1.61. The minimum absolute atomic E-state index is 0.307. The number of hydrogen-bond donors (Lipinski definition) is 0. The first kappa shape index (κ1) is 43.3. The van der Waals surface area contributed by atoms with Gasteiger partial charge >= 0.3 is 0 Å². The fourth-order valence-corrected chi connectivity index (χ4v) is 3.43. The minimum Gasteiger partial charge on any atom is -0.377 e. The van der Waals surface area contributed by atoms with Crippen LogP contribution in [0.4, 0.5) is 0 Å². The Morgan fingerprint density at radius 1 is 0.319 bits per heavy atom. The lowest BCUT2D eigenvalue weighted by Crippen LogP contribution is -2.15. The second-order valence-electron chi connectivity index (χ2n) is 9.53. The van der Waals surface area contributed by atoms with Crippen LogP contribution >= 0.6 is 0 Å². The average Bonchev–Trinajstić information content (AvgIpc) is 3.09. The van der Waals surface area contributed by atoms with E-state index in [1.807, 2.05) is 30.3 Å². The summed E-state index contributed by atoms with van der Waals surface area (Å²) in [5.41, 5.74) is 1.16. The van der Waals surface area contributed by atoms with Gasteiger partial charge in [-0.1, -0.05) is 36.3 Å². The smallest absolute Gasteiger partial charge is 0.107 e. The van der Waals surface area contributed by atoms with E-state index in [4.69, 9.17) is 68.0 Å². The molecule has 0 amide bonds. The molecule has 0 bridgehead atoms. The van der Waals surface area contributed by atoms with Gasteiger partial charge < -0.3 is 61.6 Å². The van der Waals surface area contributed by atoms with Crippen molar-refractivity contribution < 1.29 is 61.6 Å². The van der Waals surface area contributed by atoms with Crippen LogP contribution in [0.15, 0.2) is 30.3 Å². The minimum atomic E-state index is 0.307. The van der Waals surface area contributed by atoms with Crippen LogP contribution in [0.2, 0.25) is 0 Å². The van der Waals surface area contributed by atoms with Gasteiger partial charge in [0.2, 0.25) is 0 Å². The number of ether oxygens (including phenoxy) is 13. The first-order valence-corrected chi connectivity index (χ1v) is 16.4. The molecule has 0 aliphatic heterocycles. The Kier molecular flexibility index (Phi) is 35.6. The van der Waals surface area contributed by atoms with Gasteiger partial charge in [-0.2, -0.15) is 0 Å². The molecule has 272 valence electrons. The monoisotopic (exact) mass is 674 g/mol. The molecule has 0 aliphatic carbocycles. The summed E-state index contributed by atoms with van der Waals surface area (Å²) in [6.45, 7) is 13.3. The van der Waals surface area contributed by atoms with E-state index in [2.05, 4.69) is 5.92 Å². The molecule has 0 saturated heterocycles. The topological polar surface area (TPSA) is 120 Å². The molecule has 1 aromatic carbocycles. The molecular formula is C34H58O13. The van der Waals surface area contributed by atoms with Crippen molar-refractivity contribution in [1.29, 1.82) is 0 Å². The predicted molar refractivity (Wildman–Crippen MR) is 175 cm³/mol. The van der Waals surface area contributed by atoms with Crippen molar-refractivity contribution in [3.63, 3.8) is 0 Å². The summed E-state index contributed by atoms with van der Waals surface area (Å²) in [5.74, 6) is 2.40. The van der Waals surface area contributed by atoms with Crippen LogP contribution in [-0.2, 0) is 68.2 Å². The molecule has 0 heterocycles. The fraction of sp³-hybridized carbons (Fsp3) is 0.765. The highest BCUT2D eigenvalue weighted by molar-refractivity contribution is 5.13. The SMILES string of the molecule is C#CCOCCOCCOCCOCCOCCOCCOCCOCCOCCOCCOCCOCCOCc1ccccc1. The Bertz CT molecular complexity index is 766. The van der Waals surface area contributed by atoms with Crippen molar-refractivity contribution in [3.05, 3.63) is 35.9 Å².